The average molecular weight is 372 g/mol. The minimum absolute atomic E-state index is 0.0754. The van der Waals surface area contributed by atoms with Crippen LogP contribution in [0.25, 0.3) is 10.9 Å². The van der Waals surface area contributed by atoms with Gasteiger partial charge in [0.05, 0.1) is 23.7 Å². The number of imide groups is 1. The molecule has 0 aliphatic heterocycles. The number of aromatic nitrogens is 2. The highest BCUT2D eigenvalue weighted by atomic mass is 16.5. The summed E-state index contributed by atoms with van der Waals surface area (Å²) in [5.41, 5.74) is 0.326. The lowest BCUT2D eigenvalue weighted by atomic mass is 10.2. The molecule has 1 saturated carbocycles. The first-order valence-electron chi connectivity index (χ1n) is 8.69. The quantitative estimate of drug-likeness (QED) is 0.721. The van der Waals surface area contributed by atoms with Crippen molar-refractivity contribution in [1.29, 1.82) is 0 Å². The van der Waals surface area contributed by atoms with E-state index in [1.54, 1.807) is 24.3 Å². The highest BCUT2D eigenvalue weighted by molar-refractivity contribution is 5.97. The maximum absolute atomic E-state index is 12.3. The van der Waals surface area contributed by atoms with Crippen molar-refractivity contribution in [2.24, 2.45) is 0 Å². The molecular formula is C18H20N4O5. The van der Waals surface area contributed by atoms with Gasteiger partial charge in [-0.1, -0.05) is 12.1 Å². The molecule has 2 aromatic rings. The summed E-state index contributed by atoms with van der Waals surface area (Å²) >= 11 is 0. The number of aryl methyl sites for hydroxylation is 1. The molecule has 1 unspecified atom stereocenters. The molecule has 142 valence electrons. The van der Waals surface area contributed by atoms with Gasteiger partial charge in [0.1, 0.15) is 0 Å². The van der Waals surface area contributed by atoms with Gasteiger partial charge in [0.25, 0.3) is 11.5 Å². The molecule has 9 nitrogen and oxygen atoms in total. The average Bonchev–Trinajstić information content (AvgIpc) is 3.45. The number of carbonyl (C=O) groups excluding carboxylic acids is 3. The van der Waals surface area contributed by atoms with Crippen LogP contribution in [-0.2, 0) is 20.9 Å². The van der Waals surface area contributed by atoms with Gasteiger partial charge < -0.3 is 10.1 Å². The van der Waals surface area contributed by atoms with E-state index in [0.717, 1.165) is 12.8 Å². The maximum Gasteiger partial charge on any atom is 0.321 e. The number of benzene rings is 1. The van der Waals surface area contributed by atoms with E-state index < -0.39 is 24.0 Å². The SMILES string of the molecule is CC(OC(=O)CCn1cnc2ccccc2c1=O)C(=O)NC(=O)NC1CC1. The summed E-state index contributed by atoms with van der Waals surface area (Å²) in [7, 11) is 0. The number of amides is 3. The fourth-order valence-electron chi connectivity index (χ4n) is 2.45. The van der Waals surface area contributed by atoms with Crippen LogP contribution in [0.1, 0.15) is 26.2 Å². The summed E-state index contributed by atoms with van der Waals surface area (Å²) in [6, 6.07) is 6.44. The predicted octanol–water partition coefficient (Wildman–Crippen LogP) is 0.706. The lowest BCUT2D eigenvalue weighted by Crippen LogP contribution is -2.45. The van der Waals surface area contributed by atoms with Gasteiger partial charge >= 0.3 is 12.0 Å². The van der Waals surface area contributed by atoms with Crippen molar-refractivity contribution in [3.63, 3.8) is 0 Å². The summed E-state index contributed by atoms with van der Waals surface area (Å²) in [5.74, 6) is -1.36. The van der Waals surface area contributed by atoms with Crippen LogP contribution in [0.3, 0.4) is 0 Å². The van der Waals surface area contributed by atoms with Crippen molar-refractivity contribution < 1.29 is 19.1 Å². The van der Waals surface area contributed by atoms with E-state index in [1.807, 2.05) is 0 Å². The van der Waals surface area contributed by atoms with Crippen LogP contribution < -0.4 is 16.2 Å². The molecule has 2 N–H and O–H groups in total. The lowest BCUT2D eigenvalue weighted by Gasteiger charge is -2.13. The Balaban J connectivity index is 1.50. The van der Waals surface area contributed by atoms with Crippen molar-refractivity contribution in [3.05, 3.63) is 40.9 Å². The smallest absolute Gasteiger partial charge is 0.321 e. The third-order valence-corrected chi connectivity index (χ3v) is 4.12. The molecule has 3 amide bonds. The Bertz CT molecular complexity index is 935. The monoisotopic (exact) mass is 372 g/mol. The maximum atomic E-state index is 12.3. The van der Waals surface area contributed by atoms with Crippen LogP contribution in [0.4, 0.5) is 4.79 Å². The summed E-state index contributed by atoms with van der Waals surface area (Å²) in [5, 5.41) is 5.19. The number of esters is 1. The Labute approximate surface area is 154 Å². The molecule has 1 fully saturated rings. The number of nitrogens with zero attached hydrogens (tertiary/aromatic N) is 2. The molecule has 0 radical (unpaired) electrons. The number of fused-ring (bicyclic) bond motifs is 1. The second-order valence-corrected chi connectivity index (χ2v) is 6.38. The van der Waals surface area contributed by atoms with E-state index in [0.29, 0.717) is 10.9 Å². The normalized spacial score (nSPS) is 14.4. The molecule has 1 heterocycles. The fourth-order valence-corrected chi connectivity index (χ4v) is 2.45. The standard InChI is InChI=1S/C18H20N4O5/c1-11(16(24)21-18(26)20-12-6-7-12)27-15(23)8-9-22-10-19-14-5-3-2-4-13(14)17(22)25/h2-5,10-12H,6-9H2,1H3,(H2,20,21,24,26). The molecule has 1 aromatic heterocycles. The van der Waals surface area contributed by atoms with Crippen LogP contribution in [0.2, 0.25) is 0 Å². The van der Waals surface area contributed by atoms with Gasteiger partial charge in [0.15, 0.2) is 6.10 Å². The van der Waals surface area contributed by atoms with Crippen LogP contribution in [-0.4, -0.2) is 39.6 Å². The minimum atomic E-state index is -1.12. The van der Waals surface area contributed by atoms with Gasteiger partial charge in [-0.2, -0.15) is 0 Å². The molecule has 1 aromatic carbocycles. The molecule has 27 heavy (non-hydrogen) atoms. The third-order valence-electron chi connectivity index (χ3n) is 4.12. The van der Waals surface area contributed by atoms with Gasteiger partial charge in [-0.05, 0) is 31.9 Å². The van der Waals surface area contributed by atoms with E-state index in [2.05, 4.69) is 15.6 Å². The summed E-state index contributed by atoms with van der Waals surface area (Å²) in [4.78, 5) is 51.8. The van der Waals surface area contributed by atoms with E-state index in [-0.39, 0.29) is 24.6 Å². The van der Waals surface area contributed by atoms with E-state index >= 15 is 0 Å². The third kappa shape index (κ3) is 4.90. The second kappa shape index (κ2) is 7.98. The first kappa shape index (κ1) is 18.6. The van der Waals surface area contributed by atoms with Crippen LogP contribution in [0.5, 0.6) is 0 Å². The zero-order valence-electron chi connectivity index (χ0n) is 14.8. The number of hydrogen-bond acceptors (Lipinski definition) is 6. The van der Waals surface area contributed by atoms with Crippen molar-refractivity contribution in [3.8, 4) is 0 Å². The number of rotatable bonds is 6. The van der Waals surface area contributed by atoms with Crippen molar-refractivity contribution in [1.82, 2.24) is 20.2 Å². The van der Waals surface area contributed by atoms with Gasteiger partial charge in [0, 0.05) is 12.6 Å². The lowest BCUT2D eigenvalue weighted by molar-refractivity contribution is -0.154. The number of hydrogen-bond donors (Lipinski definition) is 2. The Morgan fingerprint density at radius 2 is 2.04 bits per heavy atom. The minimum Gasteiger partial charge on any atom is -0.452 e. The van der Waals surface area contributed by atoms with Crippen LogP contribution >= 0.6 is 0 Å². The Morgan fingerprint density at radius 3 is 2.78 bits per heavy atom. The Morgan fingerprint density at radius 1 is 1.30 bits per heavy atom. The largest absolute Gasteiger partial charge is 0.452 e. The highest BCUT2D eigenvalue weighted by Crippen LogP contribution is 2.18. The van der Waals surface area contributed by atoms with Gasteiger partial charge in [-0.25, -0.2) is 9.78 Å². The zero-order chi connectivity index (χ0) is 19.4. The fraction of sp³-hybridized carbons (Fsp3) is 0.389. The highest BCUT2D eigenvalue weighted by Gasteiger charge is 2.25. The Hall–Kier alpha value is -3.23. The molecule has 0 saturated heterocycles. The second-order valence-electron chi connectivity index (χ2n) is 6.38. The van der Waals surface area contributed by atoms with Crippen molar-refractivity contribution in [2.45, 2.75) is 44.9 Å². The molecule has 1 atom stereocenters. The van der Waals surface area contributed by atoms with Crippen LogP contribution in [0.15, 0.2) is 35.4 Å². The molecular weight excluding hydrogens is 352 g/mol. The molecule has 0 bridgehead atoms. The van der Waals surface area contributed by atoms with E-state index in [4.69, 9.17) is 4.74 Å². The van der Waals surface area contributed by atoms with Crippen molar-refractivity contribution >= 4 is 28.8 Å². The number of para-hydroxylation sites is 1. The molecule has 1 aliphatic rings. The first-order chi connectivity index (χ1) is 12.9. The summed E-state index contributed by atoms with van der Waals surface area (Å²) < 4.78 is 6.33. The van der Waals surface area contributed by atoms with Gasteiger partial charge in [-0.3, -0.25) is 24.3 Å². The zero-order valence-corrected chi connectivity index (χ0v) is 14.8. The number of urea groups is 1. The molecule has 1 aliphatic carbocycles. The number of ether oxygens (including phenoxy) is 1. The van der Waals surface area contributed by atoms with Crippen LogP contribution in [0, 0.1) is 0 Å². The van der Waals surface area contributed by atoms with E-state index in [9.17, 15) is 19.2 Å². The summed E-state index contributed by atoms with van der Waals surface area (Å²) in [6.07, 6.45) is 1.95. The number of carbonyl (C=O) groups is 3. The van der Waals surface area contributed by atoms with E-state index in [1.165, 1.54) is 17.8 Å². The molecule has 0 spiro atoms. The predicted molar refractivity (Wildman–Crippen MR) is 95.9 cm³/mol. The van der Waals surface area contributed by atoms with Gasteiger partial charge in [-0.15, -0.1) is 0 Å². The number of nitrogens with one attached hydrogen (secondary N) is 2. The topological polar surface area (TPSA) is 119 Å². The summed E-state index contributed by atoms with van der Waals surface area (Å²) in [6.45, 7) is 1.45. The molecule has 3 rings (SSSR count). The first-order valence-corrected chi connectivity index (χ1v) is 8.69. The molecule has 9 heteroatoms. The van der Waals surface area contributed by atoms with Gasteiger partial charge in [0.2, 0.25) is 0 Å². The Kier molecular flexibility index (Phi) is 5.49. The van der Waals surface area contributed by atoms with Crippen molar-refractivity contribution in [2.75, 3.05) is 0 Å².